The topological polar surface area (TPSA) is 123 Å². The van der Waals surface area contributed by atoms with E-state index in [1.807, 2.05) is 4.90 Å². The fourth-order valence-electron chi connectivity index (χ4n) is 5.26. The molecule has 5 rings (SSSR count). The molecule has 0 spiro atoms. The highest BCUT2D eigenvalue weighted by Gasteiger charge is 2.40. The third-order valence-electron chi connectivity index (χ3n) is 7.08. The van der Waals surface area contributed by atoms with Crippen molar-refractivity contribution in [2.24, 2.45) is 0 Å². The summed E-state index contributed by atoms with van der Waals surface area (Å²) >= 11 is 0. The van der Waals surface area contributed by atoms with Gasteiger partial charge in [0.2, 0.25) is 11.8 Å². The zero-order valence-electron chi connectivity index (χ0n) is 20.9. The highest BCUT2D eigenvalue weighted by molar-refractivity contribution is 8.25. The van der Waals surface area contributed by atoms with E-state index in [9.17, 15) is 37.0 Å². The first kappa shape index (κ1) is 27.7. The Bertz CT molecular complexity index is 1260. The summed E-state index contributed by atoms with van der Waals surface area (Å²) in [6, 6.07) is 9.61. The number of aliphatic hydroxyl groups excluding tert-OH is 1. The number of hydrogen-bond acceptors (Lipinski definition) is 7. The molecule has 0 aromatic heterocycles. The van der Waals surface area contributed by atoms with Crippen LogP contribution in [-0.4, -0.2) is 79.7 Å². The van der Waals surface area contributed by atoms with Gasteiger partial charge >= 0.3 is 6.36 Å². The number of carbonyl (C=O) groups excluding carboxylic acids is 2. The number of nitrogens with zero attached hydrogens (tertiary/aromatic N) is 2. The number of nitrogens with one attached hydrogen (secondary N) is 1. The third kappa shape index (κ3) is 6.67. The second-order valence-electron chi connectivity index (χ2n) is 10.2. The number of fused-ring (bicyclic) bond motifs is 1. The lowest BCUT2D eigenvalue weighted by Gasteiger charge is -2.37. The largest absolute Gasteiger partial charge is 0.573 e. The second-order valence-corrected chi connectivity index (χ2v) is 12.3. The van der Waals surface area contributed by atoms with Crippen LogP contribution >= 0.6 is 10.6 Å². The fraction of sp³-hybridized carbons (Fsp3) is 0.462. The van der Waals surface area contributed by atoms with Crippen LogP contribution in [0, 0.1) is 0 Å². The normalized spacial score (nSPS) is 22.5. The molecule has 2 fully saturated rings. The van der Waals surface area contributed by atoms with E-state index in [1.165, 1.54) is 24.3 Å². The summed E-state index contributed by atoms with van der Waals surface area (Å²) in [5.41, 5.74) is 1.28. The first-order valence-corrected chi connectivity index (χ1v) is 14.4. The number of rotatable bonds is 8. The number of likely N-dealkylation sites (tertiary alicyclic amines) is 1. The Morgan fingerprint density at radius 3 is 2.62 bits per heavy atom. The molecule has 9 nitrogen and oxygen atoms in total. The smallest absolute Gasteiger partial charge is 0.406 e. The molecule has 2 atom stereocenters. The van der Waals surface area contributed by atoms with Gasteiger partial charge in [0, 0.05) is 25.7 Å². The molecule has 2 aromatic rings. The number of amides is 2. The molecule has 1 saturated heterocycles. The van der Waals surface area contributed by atoms with Gasteiger partial charge in [0.05, 0.1) is 29.1 Å². The van der Waals surface area contributed by atoms with E-state index in [-0.39, 0.29) is 34.7 Å². The molecule has 2 aromatic carbocycles. The lowest BCUT2D eigenvalue weighted by Crippen LogP contribution is -2.43. The van der Waals surface area contributed by atoms with Crippen LogP contribution in [0.2, 0.25) is 0 Å². The monoisotopic (exact) mass is 569 g/mol. The molecule has 39 heavy (non-hydrogen) atoms. The summed E-state index contributed by atoms with van der Waals surface area (Å²) in [5, 5.41) is 12.7. The van der Waals surface area contributed by atoms with Gasteiger partial charge in [0.15, 0.2) is 0 Å². The van der Waals surface area contributed by atoms with Gasteiger partial charge < -0.3 is 20.1 Å². The highest BCUT2D eigenvalue weighted by Crippen LogP contribution is 2.53. The summed E-state index contributed by atoms with van der Waals surface area (Å²) < 4.78 is 63.5. The number of anilines is 1. The molecule has 2 heterocycles. The minimum Gasteiger partial charge on any atom is -0.406 e. The van der Waals surface area contributed by atoms with E-state index in [0.29, 0.717) is 37.2 Å². The average Bonchev–Trinajstić information content (AvgIpc) is 3.57. The van der Waals surface area contributed by atoms with Crippen LogP contribution in [0.1, 0.15) is 36.4 Å². The molecular weight excluding hydrogens is 539 g/mol. The van der Waals surface area contributed by atoms with Crippen LogP contribution in [0.4, 0.5) is 18.9 Å². The molecule has 1 saturated carbocycles. The van der Waals surface area contributed by atoms with Gasteiger partial charge in [-0.3, -0.25) is 23.6 Å². The zero-order valence-corrected chi connectivity index (χ0v) is 21.7. The summed E-state index contributed by atoms with van der Waals surface area (Å²) in [4.78, 5) is 29.6. The van der Waals surface area contributed by atoms with E-state index >= 15 is 0 Å². The molecule has 2 aliphatic heterocycles. The Kier molecular flexibility index (Phi) is 7.55. The average molecular weight is 570 g/mol. The summed E-state index contributed by atoms with van der Waals surface area (Å²) in [7, 11) is -3.27. The van der Waals surface area contributed by atoms with Crippen molar-refractivity contribution < 1.29 is 41.7 Å². The van der Waals surface area contributed by atoms with Crippen molar-refractivity contribution in [3.8, 4) is 5.75 Å². The Balaban J connectivity index is 1.43. The van der Waals surface area contributed by atoms with Crippen molar-refractivity contribution in [2.45, 2.75) is 55.1 Å². The van der Waals surface area contributed by atoms with Crippen LogP contribution in [0.25, 0.3) is 0 Å². The van der Waals surface area contributed by atoms with Crippen LogP contribution in [0.3, 0.4) is 0 Å². The predicted octanol–water partition coefficient (Wildman–Crippen LogP) is 3.99. The van der Waals surface area contributed by atoms with E-state index in [1.54, 1.807) is 23.1 Å². The molecular formula is C26H30F3N3O6S. The standard InChI is InChI=1S/C26H30F3N3O6S/c27-26(28,29)38-20-3-1-2-17(12-20)22(14-31-9-8-19(33)13-31)32(18-5-6-18)25(35)11-16-4-7-23-21(10-16)30-24(34)15-39(23,36)37/h1-4,7,10,12,18-19,22,33,36-37H,5-6,8-9,11,13-15H2,(H,30,34)/t19-,22+/m0/s1. The van der Waals surface area contributed by atoms with Gasteiger partial charge in [-0.25, -0.2) is 0 Å². The van der Waals surface area contributed by atoms with Crippen molar-refractivity contribution in [2.75, 3.05) is 30.7 Å². The van der Waals surface area contributed by atoms with Crippen molar-refractivity contribution in [1.82, 2.24) is 9.80 Å². The maximum Gasteiger partial charge on any atom is 0.573 e. The van der Waals surface area contributed by atoms with Crippen molar-refractivity contribution >= 4 is 28.1 Å². The van der Waals surface area contributed by atoms with Crippen molar-refractivity contribution in [3.05, 3.63) is 53.6 Å². The Morgan fingerprint density at radius 2 is 1.95 bits per heavy atom. The number of aliphatic hydroxyl groups is 1. The van der Waals surface area contributed by atoms with E-state index in [2.05, 4.69) is 10.1 Å². The van der Waals surface area contributed by atoms with E-state index < -0.39 is 40.8 Å². The predicted molar refractivity (Wildman–Crippen MR) is 138 cm³/mol. The first-order valence-electron chi connectivity index (χ1n) is 12.6. The van der Waals surface area contributed by atoms with Gasteiger partial charge in [0.1, 0.15) is 11.5 Å². The molecule has 2 amide bonds. The molecule has 0 radical (unpaired) electrons. The Labute approximate surface area is 224 Å². The molecule has 4 N–H and O–H groups in total. The van der Waals surface area contributed by atoms with Gasteiger partial charge in [-0.05, 0) is 54.7 Å². The van der Waals surface area contributed by atoms with Crippen LogP contribution in [0.5, 0.6) is 5.75 Å². The number of halogens is 3. The number of β-amino-alcohol motifs (C(OH)–C–C–N with tert-alkyl or cyclic N) is 1. The van der Waals surface area contributed by atoms with E-state index in [4.69, 9.17) is 0 Å². The lowest BCUT2D eigenvalue weighted by atomic mass is 10.0. The number of ether oxygens (including phenoxy) is 1. The highest BCUT2D eigenvalue weighted by atomic mass is 32.3. The van der Waals surface area contributed by atoms with E-state index in [0.717, 1.165) is 12.8 Å². The molecule has 212 valence electrons. The molecule has 0 bridgehead atoms. The van der Waals surface area contributed by atoms with Crippen LogP contribution in [-0.2, 0) is 16.0 Å². The minimum absolute atomic E-state index is 0.0588. The van der Waals surface area contributed by atoms with Crippen LogP contribution in [0.15, 0.2) is 47.4 Å². The zero-order chi connectivity index (χ0) is 27.9. The van der Waals surface area contributed by atoms with Crippen LogP contribution < -0.4 is 10.1 Å². The number of alkyl halides is 3. The SMILES string of the molecule is O=C1CS(O)(O)c2ccc(CC(=O)N(C3CC3)[C@H](CN3CC[C@H](O)C3)c3cccc(OC(F)(F)F)c3)cc2N1. The maximum atomic E-state index is 13.8. The summed E-state index contributed by atoms with van der Waals surface area (Å²) in [5.74, 6) is -1.57. The second kappa shape index (κ2) is 10.6. The summed E-state index contributed by atoms with van der Waals surface area (Å²) in [6.45, 7) is 1.33. The van der Waals surface area contributed by atoms with Gasteiger partial charge in [-0.15, -0.1) is 13.2 Å². The van der Waals surface area contributed by atoms with Gasteiger partial charge in [-0.1, -0.05) is 18.2 Å². The summed E-state index contributed by atoms with van der Waals surface area (Å²) in [6.07, 6.45) is -3.34. The maximum absolute atomic E-state index is 13.8. The first-order chi connectivity index (χ1) is 18.4. The molecule has 3 aliphatic rings. The number of carbonyl (C=O) groups is 2. The van der Waals surface area contributed by atoms with Gasteiger partial charge in [-0.2, -0.15) is 10.6 Å². The number of hydrogen-bond donors (Lipinski definition) is 4. The van der Waals surface area contributed by atoms with Crippen molar-refractivity contribution in [1.29, 1.82) is 0 Å². The fourth-order valence-corrected chi connectivity index (χ4v) is 6.60. The Morgan fingerprint density at radius 1 is 1.18 bits per heavy atom. The van der Waals surface area contributed by atoms with Crippen molar-refractivity contribution in [3.63, 3.8) is 0 Å². The molecule has 0 unspecified atom stereocenters. The number of benzene rings is 2. The lowest BCUT2D eigenvalue weighted by molar-refractivity contribution is -0.274. The quantitative estimate of drug-likeness (QED) is 0.379. The van der Waals surface area contributed by atoms with Gasteiger partial charge in [0.25, 0.3) is 0 Å². The molecule has 13 heteroatoms. The molecule has 1 aliphatic carbocycles. The minimum atomic E-state index is -4.86. The Hall–Kier alpha value is -2.84. The third-order valence-corrected chi connectivity index (χ3v) is 8.80.